The summed E-state index contributed by atoms with van der Waals surface area (Å²) in [4.78, 5) is 24.8. The molecular formula is C31H29N3O5. The number of amides is 2. The lowest BCUT2D eigenvalue weighted by molar-refractivity contribution is -0.118. The highest BCUT2D eigenvalue weighted by molar-refractivity contribution is 5.95. The molecular weight excluding hydrogens is 494 g/mol. The van der Waals surface area contributed by atoms with Gasteiger partial charge in [-0.25, -0.2) is 5.43 Å². The summed E-state index contributed by atoms with van der Waals surface area (Å²) in [5.74, 6) is 0.807. The van der Waals surface area contributed by atoms with Gasteiger partial charge in [-0.1, -0.05) is 60.2 Å². The van der Waals surface area contributed by atoms with Crippen molar-refractivity contribution in [1.29, 1.82) is 0 Å². The molecule has 0 fully saturated rings. The van der Waals surface area contributed by atoms with Crippen LogP contribution >= 0.6 is 0 Å². The summed E-state index contributed by atoms with van der Waals surface area (Å²) < 4.78 is 16.8. The molecule has 0 radical (unpaired) electrons. The lowest BCUT2D eigenvalue weighted by Crippen LogP contribution is -2.20. The highest BCUT2D eigenvalue weighted by atomic mass is 16.5. The standard InChI is InChI=1S/C31H29N3O5/c1-22-11-14-26(15-12-22)33-30(35)21-38-27-10-6-9-24(17-27)19-32-34-31(36)25-13-16-28(29(18-25)37-2)39-20-23-7-4-3-5-8-23/h3-19H,20-21H2,1-2H3,(H,33,35)(H,34,36)/b32-19+. The van der Waals surface area contributed by atoms with E-state index in [9.17, 15) is 9.59 Å². The molecule has 8 heteroatoms. The first-order valence-corrected chi connectivity index (χ1v) is 12.3. The number of hydrogen-bond donors (Lipinski definition) is 2. The Labute approximate surface area is 227 Å². The number of methoxy groups -OCH3 is 1. The van der Waals surface area contributed by atoms with Crippen LogP contribution in [-0.2, 0) is 11.4 Å². The Morgan fingerprint density at radius 2 is 1.64 bits per heavy atom. The van der Waals surface area contributed by atoms with Gasteiger partial charge >= 0.3 is 0 Å². The number of hydrazone groups is 1. The van der Waals surface area contributed by atoms with E-state index in [0.29, 0.717) is 40.7 Å². The molecule has 2 N–H and O–H groups in total. The summed E-state index contributed by atoms with van der Waals surface area (Å²) in [6.07, 6.45) is 1.49. The summed E-state index contributed by atoms with van der Waals surface area (Å²) in [5.41, 5.74) is 6.41. The van der Waals surface area contributed by atoms with Gasteiger partial charge in [-0.2, -0.15) is 5.10 Å². The third kappa shape index (κ3) is 8.19. The number of anilines is 1. The average Bonchev–Trinajstić information content (AvgIpc) is 2.97. The van der Waals surface area contributed by atoms with Crippen LogP contribution in [0.4, 0.5) is 5.69 Å². The third-order valence-electron chi connectivity index (χ3n) is 5.61. The van der Waals surface area contributed by atoms with Crippen LogP contribution in [0.1, 0.15) is 27.0 Å². The number of ether oxygens (including phenoxy) is 3. The fraction of sp³-hybridized carbons (Fsp3) is 0.129. The van der Waals surface area contributed by atoms with E-state index < -0.39 is 5.91 Å². The van der Waals surface area contributed by atoms with Crippen molar-refractivity contribution in [1.82, 2.24) is 5.43 Å². The predicted octanol–water partition coefficient (Wildman–Crippen LogP) is 5.36. The van der Waals surface area contributed by atoms with Crippen LogP contribution in [-0.4, -0.2) is 31.7 Å². The SMILES string of the molecule is COc1cc(C(=O)N/N=C/c2cccc(OCC(=O)Nc3ccc(C)cc3)c2)ccc1OCc1ccccc1. The molecule has 0 aliphatic heterocycles. The zero-order chi connectivity index (χ0) is 27.5. The molecule has 0 saturated heterocycles. The van der Waals surface area contributed by atoms with Crippen LogP contribution in [0.2, 0.25) is 0 Å². The molecule has 4 aromatic rings. The number of nitrogens with one attached hydrogen (secondary N) is 2. The predicted molar refractivity (Wildman–Crippen MR) is 151 cm³/mol. The van der Waals surface area contributed by atoms with Gasteiger partial charge in [0.1, 0.15) is 12.4 Å². The van der Waals surface area contributed by atoms with Gasteiger partial charge in [-0.05, 0) is 60.5 Å². The maximum atomic E-state index is 12.6. The number of rotatable bonds is 11. The highest BCUT2D eigenvalue weighted by Crippen LogP contribution is 2.29. The Kier molecular flexibility index (Phi) is 9.28. The van der Waals surface area contributed by atoms with Crippen molar-refractivity contribution in [3.05, 3.63) is 119 Å². The Bertz CT molecular complexity index is 1440. The molecule has 4 rings (SSSR count). The van der Waals surface area contributed by atoms with Gasteiger partial charge in [-0.15, -0.1) is 0 Å². The maximum absolute atomic E-state index is 12.6. The number of carbonyl (C=O) groups is 2. The molecule has 2 amide bonds. The summed E-state index contributed by atoms with van der Waals surface area (Å²) in [5, 5.41) is 6.83. The van der Waals surface area contributed by atoms with Crippen molar-refractivity contribution in [2.24, 2.45) is 5.10 Å². The second-order valence-corrected chi connectivity index (χ2v) is 8.61. The van der Waals surface area contributed by atoms with Gasteiger partial charge in [0, 0.05) is 11.3 Å². The van der Waals surface area contributed by atoms with Crippen molar-refractivity contribution >= 4 is 23.7 Å². The van der Waals surface area contributed by atoms with Gasteiger partial charge in [0.25, 0.3) is 11.8 Å². The molecule has 198 valence electrons. The number of aryl methyl sites for hydroxylation is 1. The summed E-state index contributed by atoms with van der Waals surface area (Å²) in [6, 6.07) is 29.3. The number of carbonyl (C=O) groups excluding carboxylic acids is 2. The Morgan fingerprint density at radius 1 is 0.846 bits per heavy atom. The molecule has 0 aromatic heterocycles. The van der Waals surface area contributed by atoms with E-state index in [2.05, 4.69) is 15.8 Å². The van der Waals surface area contributed by atoms with Crippen molar-refractivity contribution < 1.29 is 23.8 Å². The van der Waals surface area contributed by atoms with E-state index in [-0.39, 0.29) is 12.5 Å². The van der Waals surface area contributed by atoms with Gasteiger partial charge in [0.15, 0.2) is 18.1 Å². The normalized spacial score (nSPS) is 10.6. The van der Waals surface area contributed by atoms with Crippen LogP contribution < -0.4 is 25.0 Å². The molecule has 0 spiro atoms. The molecule has 0 saturated carbocycles. The lowest BCUT2D eigenvalue weighted by atomic mass is 10.2. The van der Waals surface area contributed by atoms with Crippen molar-refractivity contribution in [3.8, 4) is 17.2 Å². The fourth-order valence-corrected chi connectivity index (χ4v) is 3.56. The van der Waals surface area contributed by atoms with Gasteiger partial charge in [-0.3, -0.25) is 9.59 Å². The minimum Gasteiger partial charge on any atom is -0.493 e. The first-order chi connectivity index (χ1) is 19.0. The van der Waals surface area contributed by atoms with Gasteiger partial charge < -0.3 is 19.5 Å². The van der Waals surface area contributed by atoms with E-state index >= 15 is 0 Å². The highest BCUT2D eigenvalue weighted by Gasteiger charge is 2.11. The third-order valence-corrected chi connectivity index (χ3v) is 5.61. The van der Waals surface area contributed by atoms with E-state index in [4.69, 9.17) is 14.2 Å². The second kappa shape index (κ2) is 13.4. The molecule has 0 aliphatic rings. The quantitative estimate of drug-likeness (QED) is 0.204. The van der Waals surface area contributed by atoms with Crippen LogP contribution in [0.25, 0.3) is 0 Å². The smallest absolute Gasteiger partial charge is 0.271 e. The van der Waals surface area contributed by atoms with Crippen molar-refractivity contribution in [2.45, 2.75) is 13.5 Å². The zero-order valence-corrected chi connectivity index (χ0v) is 21.7. The Balaban J connectivity index is 1.28. The monoisotopic (exact) mass is 523 g/mol. The molecule has 0 unspecified atom stereocenters. The number of nitrogens with zero attached hydrogens (tertiary/aromatic N) is 1. The Hall–Kier alpha value is -5.11. The largest absolute Gasteiger partial charge is 0.493 e. The topological polar surface area (TPSA) is 98.3 Å². The lowest BCUT2D eigenvalue weighted by Gasteiger charge is -2.12. The van der Waals surface area contributed by atoms with E-state index in [0.717, 1.165) is 11.1 Å². The molecule has 0 bridgehead atoms. The van der Waals surface area contributed by atoms with Gasteiger partial charge in [0.2, 0.25) is 0 Å². The number of hydrogen-bond acceptors (Lipinski definition) is 6. The van der Waals surface area contributed by atoms with Crippen molar-refractivity contribution in [2.75, 3.05) is 19.0 Å². The zero-order valence-electron chi connectivity index (χ0n) is 21.7. The first-order valence-electron chi connectivity index (χ1n) is 12.3. The van der Waals surface area contributed by atoms with Crippen LogP contribution in [0, 0.1) is 6.92 Å². The number of benzene rings is 4. The molecule has 39 heavy (non-hydrogen) atoms. The van der Waals surface area contributed by atoms with Crippen molar-refractivity contribution in [3.63, 3.8) is 0 Å². The summed E-state index contributed by atoms with van der Waals surface area (Å²) >= 11 is 0. The minimum absolute atomic E-state index is 0.141. The summed E-state index contributed by atoms with van der Waals surface area (Å²) in [6.45, 7) is 2.22. The summed E-state index contributed by atoms with van der Waals surface area (Å²) in [7, 11) is 1.52. The second-order valence-electron chi connectivity index (χ2n) is 8.61. The van der Waals surface area contributed by atoms with Crippen LogP contribution in [0.5, 0.6) is 17.2 Å². The Morgan fingerprint density at radius 3 is 2.41 bits per heavy atom. The molecule has 0 heterocycles. The average molecular weight is 524 g/mol. The van der Waals surface area contributed by atoms with Crippen LogP contribution in [0.3, 0.4) is 0 Å². The first kappa shape index (κ1) is 26.9. The van der Waals surface area contributed by atoms with E-state index in [1.54, 1.807) is 42.5 Å². The molecule has 8 nitrogen and oxygen atoms in total. The van der Waals surface area contributed by atoms with E-state index in [1.165, 1.54) is 13.3 Å². The molecule has 0 aliphatic carbocycles. The van der Waals surface area contributed by atoms with Gasteiger partial charge in [0.05, 0.1) is 13.3 Å². The fourth-order valence-electron chi connectivity index (χ4n) is 3.56. The molecule has 0 atom stereocenters. The maximum Gasteiger partial charge on any atom is 0.271 e. The van der Waals surface area contributed by atoms with E-state index in [1.807, 2.05) is 61.5 Å². The minimum atomic E-state index is -0.403. The van der Waals surface area contributed by atoms with Crippen LogP contribution in [0.15, 0.2) is 102 Å². The molecule has 4 aromatic carbocycles.